The molecule has 0 aromatic heterocycles. The molecule has 1 rings (SSSR count). The molecule has 0 amide bonds. The Hall–Kier alpha value is -0.0500. The summed E-state index contributed by atoms with van der Waals surface area (Å²) in [7, 11) is 0. The van der Waals surface area contributed by atoms with Gasteiger partial charge in [0.1, 0.15) is 0 Å². The molecule has 1 atom stereocenters. The van der Waals surface area contributed by atoms with Gasteiger partial charge in [0.2, 0.25) is 0 Å². The van der Waals surface area contributed by atoms with Crippen LogP contribution in [-0.4, -0.2) is 0 Å². The van der Waals surface area contributed by atoms with Crippen LogP contribution < -0.4 is 0 Å². The van der Waals surface area contributed by atoms with Crippen LogP contribution >= 0.6 is 22.6 Å². The van der Waals surface area contributed by atoms with Crippen molar-refractivity contribution in [2.75, 3.05) is 0 Å². The molecule has 0 N–H and O–H groups in total. The molecule has 1 unspecified atom stereocenters. The first-order chi connectivity index (χ1) is 6.45. The Bertz CT molecular complexity index is 279. The molecule has 0 saturated heterocycles. The zero-order valence-corrected chi connectivity index (χ0v) is 11.6. The molecule has 0 fully saturated rings. The van der Waals surface area contributed by atoms with Gasteiger partial charge in [0, 0.05) is 3.92 Å². The third-order valence-electron chi connectivity index (χ3n) is 2.50. The van der Waals surface area contributed by atoms with Crippen molar-refractivity contribution in [3.8, 4) is 0 Å². The lowest BCUT2D eigenvalue weighted by molar-refractivity contribution is 0.590. The maximum absolute atomic E-state index is 2.50. The highest BCUT2D eigenvalue weighted by atomic mass is 127. The Morgan fingerprint density at radius 1 is 1.14 bits per heavy atom. The molecule has 14 heavy (non-hydrogen) atoms. The second-order valence-electron chi connectivity index (χ2n) is 4.75. The van der Waals surface area contributed by atoms with Gasteiger partial charge >= 0.3 is 0 Å². The van der Waals surface area contributed by atoms with E-state index in [0.29, 0.717) is 3.92 Å². The zero-order valence-electron chi connectivity index (χ0n) is 9.47. The number of hydrogen-bond acceptors (Lipinski definition) is 0. The summed E-state index contributed by atoms with van der Waals surface area (Å²) in [4.78, 5) is 0. The van der Waals surface area contributed by atoms with E-state index >= 15 is 0 Å². The summed E-state index contributed by atoms with van der Waals surface area (Å²) < 4.78 is 0.654. The van der Waals surface area contributed by atoms with Crippen molar-refractivity contribution in [1.29, 1.82) is 0 Å². The third kappa shape index (κ3) is 2.97. The Labute approximate surface area is 101 Å². The van der Waals surface area contributed by atoms with Gasteiger partial charge in [-0.1, -0.05) is 74.6 Å². The molecule has 1 aromatic rings. The zero-order chi connectivity index (χ0) is 10.8. The van der Waals surface area contributed by atoms with Crippen molar-refractivity contribution in [3.63, 3.8) is 0 Å². The topological polar surface area (TPSA) is 0 Å². The maximum atomic E-state index is 2.50. The van der Waals surface area contributed by atoms with Crippen LogP contribution in [-0.2, 0) is 5.41 Å². The predicted molar refractivity (Wildman–Crippen MR) is 72.2 cm³/mol. The Morgan fingerprint density at radius 3 is 2.00 bits per heavy atom. The van der Waals surface area contributed by atoms with E-state index in [0.717, 1.165) is 0 Å². The smallest absolute Gasteiger partial charge is 0.0356 e. The summed E-state index contributed by atoms with van der Waals surface area (Å²) in [6.07, 6.45) is 1.20. The van der Waals surface area contributed by atoms with E-state index in [4.69, 9.17) is 0 Å². The molecular weight excluding hydrogens is 283 g/mol. The number of hydrogen-bond donors (Lipinski definition) is 0. The number of benzene rings is 1. The van der Waals surface area contributed by atoms with Gasteiger partial charge in [-0.25, -0.2) is 0 Å². The van der Waals surface area contributed by atoms with E-state index in [1.54, 1.807) is 0 Å². The highest BCUT2D eigenvalue weighted by Gasteiger charge is 2.13. The maximum Gasteiger partial charge on any atom is 0.0356 e. The van der Waals surface area contributed by atoms with Crippen LogP contribution in [0.4, 0.5) is 0 Å². The van der Waals surface area contributed by atoms with E-state index in [-0.39, 0.29) is 5.41 Å². The lowest BCUT2D eigenvalue weighted by Gasteiger charge is -2.19. The van der Waals surface area contributed by atoms with Crippen LogP contribution in [0, 0.1) is 0 Å². The fourth-order valence-electron chi connectivity index (χ4n) is 1.43. The summed E-state index contributed by atoms with van der Waals surface area (Å²) in [5.74, 6) is 0. The van der Waals surface area contributed by atoms with Gasteiger partial charge in [0.25, 0.3) is 0 Å². The summed E-state index contributed by atoms with van der Waals surface area (Å²) >= 11 is 2.50. The van der Waals surface area contributed by atoms with Crippen LogP contribution in [0.5, 0.6) is 0 Å². The van der Waals surface area contributed by atoms with Crippen molar-refractivity contribution >= 4 is 22.6 Å². The number of alkyl halides is 1. The molecule has 0 radical (unpaired) electrons. The molecule has 78 valence electrons. The van der Waals surface area contributed by atoms with E-state index in [9.17, 15) is 0 Å². The SMILES string of the molecule is CCC(I)c1ccc(C(C)(C)C)cc1. The normalized spacial score (nSPS) is 14.1. The molecule has 1 aromatic carbocycles. The molecular formula is C13H19I. The second kappa shape index (κ2) is 4.65. The van der Waals surface area contributed by atoms with Gasteiger partial charge < -0.3 is 0 Å². The van der Waals surface area contributed by atoms with Crippen molar-refractivity contribution in [1.82, 2.24) is 0 Å². The molecule has 0 bridgehead atoms. The van der Waals surface area contributed by atoms with Crippen molar-refractivity contribution in [3.05, 3.63) is 35.4 Å². The standard InChI is InChI=1S/C13H19I/c1-5-12(14)10-6-8-11(9-7-10)13(2,3)4/h6-9,12H,5H2,1-4H3. The van der Waals surface area contributed by atoms with Crippen LogP contribution in [0.2, 0.25) is 0 Å². The van der Waals surface area contributed by atoms with Gasteiger partial charge in [-0.05, 0) is 23.0 Å². The first-order valence-electron chi connectivity index (χ1n) is 5.19. The molecule has 0 aliphatic rings. The predicted octanol–water partition coefficient (Wildman–Crippen LogP) is 4.87. The molecule has 0 saturated carbocycles. The van der Waals surface area contributed by atoms with Crippen LogP contribution in [0.25, 0.3) is 0 Å². The molecule has 1 heteroatoms. The Morgan fingerprint density at radius 2 is 1.64 bits per heavy atom. The van der Waals surface area contributed by atoms with Gasteiger partial charge in [-0.2, -0.15) is 0 Å². The number of halogens is 1. The van der Waals surface area contributed by atoms with E-state index < -0.39 is 0 Å². The minimum Gasteiger partial charge on any atom is -0.0774 e. The van der Waals surface area contributed by atoms with E-state index in [1.807, 2.05) is 0 Å². The fourth-order valence-corrected chi connectivity index (χ4v) is 1.84. The van der Waals surface area contributed by atoms with E-state index in [1.165, 1.54) is 17.5 Å². The van der Waals surface area contributed by atoms with Crippen LogP contribution in [0.3, 0.4) is 0 Å². The quantitative estimate of drug-likeness (QED) is 0.540. The third-order valence-corrected chi connectivity index (χ3v) is 4.10. The largest absolute Gasteiger partial charge is 0.0774 e. The lowest BCUT2D eigenvalue weighted by Crippen LogP contribution is -2.10. The first kappa shape index (κ1) is 12.0. The molecule has 0 heterocycles. The van der Waals surface area contributed by atoms with Crippen molar-refractivity contribution in [2.24, 2.45) is 0 Å². The molecule has 0 aliphatic carbocycles. The van der Waals surface area contributed by atoms with Crippen molar-refractivity contribution < 1.29 is 0 Å². The minimum atomic E-state index is 0.269. The summed E-state index contributed by atoms with van der Waals surface area (Å²) in [5, 5.41) is 0. The minimum absolute atomic E-state index is 0.269. The highest BCUT2D eigenvalue weighted by molar-refractivity contribution is 14.1. The Balaban J connectivity index is 2.89. The fraction of sp³-hybridized carbons (Fsp3) is 0.538. The lowest BCUT2D eigenvalue weighted by atomic mass is 9.86. The average Bonchev–Trinajstić information content (AvgIpc) is 2.15. The number of rotatable bonds is 2. The summed E-state index contributed by atoms with van der Waals surface area (Å²) in [6, 6.07) is 9.05. The van der Waals surface area contributed by atoms with Gasteiger partial charge in [0.05, 0.1) is 0 Å². The van der Waals surface area contributed by atoms with Crippen molar-refractivity contribution in [2.45, 2.75) is 43.5 Å². The van der Waals surface area contributed by atoms with Gasteiger partial charge in [-0.3, -0.25) is 0 Å². The van der Waals surface area contributed by atoms with Gasteiger partial charge in [0.15, 0.2) is 0 Å². The van der Waals surface area contributed by atoms with Gasteiger partial charge in [-0.15, -0.1) is 0 Å². The molecule has 0 aliphatic heterocycles. The van der Waals surface area contributed by atoms with Crippen LogP contribution in [0.1, 0.15) is 49.2 Å². The summed E-state index contributed by atoms with van der Waals surface area (Å²) in [5.41, 5.74) is 3.13. The Kier molecular flexibility index (Phi) is 3.99. The second-order valence-corrected chi connectivity index (χ2v) is 6.25. The highest BCUT2D eigenvalue weighted by Crippen LogP contribution is 2.29. The molecule has 0 nitrogen and oxygen atoms in total. The first-order valence-corrected chi connectivity index (χ1v) is 6.44. The monoisotopic (exact) mass is 302 g/mol. The van der Waals surface area contributed by atoms with Crippen LogP contribution in [0.15, 0.2) is 24.3 Å². The average molecular weight is 302 g/mol. The summed E-state index contributed by atoms with van der Waals surface area (Å²) in [6.45, 7) is 8.99. The molecule has 0 spiro atoms. The van der Waals surface area contributed by atoms with E-state index in [2.05, 4.69) is 74.6 Å².